The topological polar surface area (TPSA) is 112 Å². The van der Waals surface area contributed by atoms with Crippen LogP contribution in [0.3, 0.4) is 0 Å². The van der Waals surface area contributed by atoms with Crippen LogP contribution in [0.4, 0.5) is 0 Å². The smallest absolute Gasteiger partial charge is 0.333 e. The molecule has 1 aromatic carbocycles. The molecule has 2 aromatic rings. The number of ether oxygens (including phenoxy) is 1. The number of aromatic nitrogens is 1. The van der Waals surface area contributed by atoms with Gasteiger partial charge < -0.3 is 9.84 Å². The van der Waals surface area contributed by atoms with Crippen molar-refractivity contribution >= 4 is 17.6 Å². The molecular weight excluding hydrogens is 388 g/mol. The highest BCUT2D eigenvalue weighted by Crippen LogP contribution is 2.39. The van der Waals surface area contributed by atoms with Crippen molar-refractivity contribution in [2.24, 2.45) is 0 Å². The number of carboxylic acid groups (broad SMARTS) is 1. The zero-order valence-corrected chi connectivity index (χ0v) is 16.1. The minimum Gasteiger partial charge on any atom is -0.480 e. The van der Waals surface area contributed by atoms with Crippen LogP contribution in [0.15, 0.2) is 24.3 Å². The van der Waals surface area contributed by atoms with Gasteiger partial charge in [-0.15, -0.1) is 10.1 Å². The molecule has 0 amide bonds. The summed E-state index contributed by atoms with van der Waals surface area (Å²) < 4.78 is 5.62. The number of aryl methyl sites for hydroxylation is 1. The first-order valence-electron chi connectivity index (χ1n) is 8.73. The quantitative estimate of drug-likeness (QED) is 0.548. The van der Waals surface area contributed by atoms with Gasteiger partial charge in [0.2, 0.25) is 6.10 Å². The molecule has 2 unspecified atom stereocenters. The molecular formula is C19H19ClN2O6. The average molecular weight is 407 g/mol. The lowest BCUT2D eigenvalue weighted by Gasteiger charge is -2.25. The highest BCUT2D eigenvalue weighted by molar-refractivity contribution is 6.30. The number of aliphatic carboxylic acids is 1. The molecule has 3 rings (SSSR count). The van der Waals surface area contributed by atoms with Crippen molar-refractivity contribution in [3.8, 4) is 11.3 Å². The summed E-state index contributed by atoms with van der Waals surface area (Å²) in [5.74, 6) is -2.12. The standard InChI is InChI=1S/C19H19ClN2O6/c1-3-13(18(19(23)24)28-22(25)26)16-10(2)21-17(15-9-27-8-14(15)16)11-4-6-12(20)7-5-11/h4-7,13,18H,3,8-9H2,1-2H3,(H,23,24). The zero-order valence-electron chi connectivity index (χ0n) is 15.3. The lowest BCUT2D eigenvalue weighted by molar-refractivity contribution is -0.765. The van der Waals surface area contributed by atoms with Gasteiger partial charge in [-0.2, -0.15) is 0 Å². The van der Waals surface area contributed by atoms with Gasteiger partial charge in [-0.05, 0) is 36.6 Å². The molecule has 0 spiro atoms. The maximum absolute atomic E-state index is 11.6. The summed E-state index contributed by atoms with van der Waals surface area (Å²) in [4.78, 5) is 31.7. The predicted molar refractivity (Wildman–Crippen MR) is 100 cm³/mol. The van der Waals surface area contributed by atoms with E-state index >= 15 is 0 Å². The number of rotatable bonds is 7. The van der Waals surface area contributed by atoms with Crippen LogP contribution in [-0.4, -0.2) is 27.3 Å². The Bertz CT molecular complexity index is 916. The maximum atomic E-state index is 11.6. The summed E-state index contributed by atoms with van der Waals surface area (Å²) in [6.07, 6.45) is -1.29. The van der Waals surface area contributed by atoms with Crippen molar-refractivity contribution in [3.63, 3.8) is 0 Å². The number of carboxylic acids is 1. The SMILES string of the molecule is CCC(c1c(C)nc(-c2ccc(Cl)cc2)c2c1COC2)C(O[N+](=O)[O-])C(=O)O. The van der Waals surface area contributed by atoms with Gasteiger partial charge in [0.15, 0.2) is 0 Å². The lowest BCUT2D eigenvalue weighted by Crippen LogP contribution is -2.34. The summed E-state index contributed by atoms with van der Waals surface area (Å²) in [6.45, 7) is 4.15. The number of pyridine rings is 1. The average Bonchev–Trinajstić information content (AvgIpc) is 3.12. The van der Waals surface area contributed by atoms with Crippen LogP contribution < -0.4 is 0 Å². The fraction of sp³-hybridized carbons (Fsp3) is 0.368. The van der Waals surface area contributed by atoms with Gasteiger partial charge in [0.05, 0.1) is 18.9 Å². The van der Waals surface area contributed by atoms with Gasteiger partial charge in [0, 0.05) is 27.8 Å². The van der Waals surface area contributed by atoms with Crippen LogP contribution >= 0.6 is 11.6 Å². The molecule has 1 aromatic heterocycles. The van der Waals surface area contributed by atoms with E-state index in [0.717, 1.165) is 22.4 Å². The number of carbonyl (C=O) groups is 1. The summed E-state index contributed by atoms with van der Waals surface area (Å²) in [7, 11) is 0. The Morgan fingerprint density at radius 3 is 2.57 bits per heavy atom. The third-order valence-electron chi connectivity index (χ3n) is 4.87. The first-order valence-corrected chi connectivity index (χ1v) is 9.11. The summed E-state index contributed by atoms with van der Waals surface area (Å²) in [6, 6.07) is 7.25. The van der Waals surface area contributed by atoms with Crippen LogP contribution in [0, 0.1) is 17.0 Å². The van der Waals surface area contributed by atoms with Crippen molar-refractivity contribution in [1.29, 1.82) is 0 Å². The molecule has 9 heteroatoms. The molecule has 148 valence electrons. The monoisotopic (exact) mass is 406 g/mol. The van der Waals surface area contributed by atoms with E-state index in [0.29, 0.717) is 29.3 Å². The second kappa shape index (κ2) is 8.12. The molecule has 0 radical (unpaired) electrons. The van der Waals surface area contributed by atoms with Gasteiger partial charge in [-0.25, -0.2) is 4.79 Å². The Hall–Kier alpha value is -2.71. The Morgan fingerprint density at radius 1 is 1.36 bits per heavy atom. The highest BCUT2D eigenvalue weighted by Gasteiger charge is 2.36. The van der Waals surface area contributed by atoms with Crippen molar-refractivity contribution in [3.05, 3.63) is 61.8 Å². The van der Waals surface area contributed by atoms with Gasteiger partial charge in [-0.3, -0.25) is 9.82 Å². The van der Waals surface area contributed by atoms with Crippen LogP contribution in [0.25, 0.3) is 11.3 Å². The molecule has 28 heavy (non-hydrogen) atoms. The number of nitrogens with zero attached hydrogens (tertiary/aromatic N) is 2. The molecule has 2 atom stereocenters. The van der Waals surface area contributed by atoms with Crippen molar-refractivity contribution in [2.75, 3.05) is 0 Å². The fourth-order valence-corrected chi connectivity index (χ4v) is 3.81. The maximum Gasteiger partial charge on any atom is 0.333 e. The Labute approximate surface area is 166 Å². The number of hydrogen-bond donors (Lipinski definition) is 1. The fourth-order valence-electron chi connectivity index (χ4n) is 3.69. The minimum atomic E-state index is -1.62. The second-order valence-corrected chi connectivity index (χ2v) is 6.96. The van der Waals surface area contributed by atoms with E-state index in [9.17, 15) is 20.0 Å². The van der Waals surface area contributed by atoms with E-state index in [4.69, 9.17) is 21.3 Å². The molecule has 1 aliphatic heterocycles. The van der Waals surface area contributed by atoms with E-state index in [2.05, 4.69) is 4.84 Å². The van der Waals surface area contributed by atoms with E-state index in [-0.39, 0.29) is 6.61 Å². The third-order valence-corrected chi connectivity index (χ3v) is 5.13. The molecule has 2 heterocycles. The number of fused-ring (bicyclic) bond motifs is 1. The lowest BCUT2D eigenvalue weighted by atomic mass is 9.84. The molecule has 8 nitrogen and oxygen atoms in total. The van der Waals surface area contributed by atoms with Crippen LogP contribution in [0.2, 0.25) is 5.02 Å². The van der Waals surface area contributed by atoms with Crippen molar-refractivity contribution in [2.45, 2.75) is 45.5 Å². The van der Waals surface area contributed by atoms with Gasteiger partial charge in [-0.1, -0.05) is 30.7 Å². The Balaban J connectivity index is 2.14. The zero-order chi connectivity index (χ0) is 20.4. The number of benzene rings is 1. The summed E-state index contributed by atoms with van der Waals surface area (Å²) in [5.41, 5.74) is 4.52. The Kier molecular flexibility index (Phi) is 5.81. The van der Waals surface area contributed by atoms with E-state index in [1.54, 1.807) is 26.0 Å². The molecule has 1 N–H and O–H groups in total. The molecule has 0 bridgehead atoms. The second-order valence-electron chi connectivity index (χ2n) is 6.52. The molecule has 0 fully saturated rings. The first kappa shape index (κ1) is 20.0. The third kappa shape index (κ3) is 3.79. The number of hydrogen-bond acceptors (Lipinski definition) is 6. The predicted octanol–water partition coefficient (Wildman–Crippen LogP) is 3.90. The molecule has 0 saturated carbocycles. The summed E-state index contributed by atoms with van der Waals surface area (Å²) >= 11 is 5.97. The molecule has 0 aliphatic carbocycles. The highest BCUT2D eigenvalue weighted by atomic mass is 35.5. The summed E-state index contributed by atoms with van der Waals surface area (Å²) in [5, 5.41) is 19.9. The van der Waals surface area contributed by atoms with E-state index < -0.39 is 23.1 Å². The van der Waals surface area contributed by atoms with Crippen LogP contribution in [-0.2, 0) is 27.6 Å². The Morgan fingerprint density at radius 2 is 2.00 bits per heavy atom. The van der Waals surface area contributed by atoms with E-state index in [1.807, 2.05) is 12.1 Å². The minimum absolute atomic E-state index is 0.288. The van der Waals surface area contributed by atoms with Crippen LogP contribution in [0.5, 0.6) is 0 Å². The van der Waals surface area contributed by atoms with Gasteiger partial charge >= 0.3 is 5.97 Å². The normalized spacial score (nSPS) is 15.0. The first-order chi connectivity index (χ1) is 13.3. The van der Waals surface area contributed by atoms with Crippen molar-refractivity contribution < 1.29 is 24.6 Å². The van der Waals surface area contributed by atoms with Crippen molar-refractivity contribution in [1.82, 2.24) is 4.98 Å². The molecule has 1 aliphatic rings. The van der Waals surface area contributed by atoms with Gasteiger partial charge in [0.25, 0.3) is 5.09 Å². The largest absolute Gasteiger partial charge is 0.480 e. The number of halogens is 1. The van der Waals surface area contributed by atoms with Crippen LogP contribution in [0.1, 0.15) is 41.6 Å². The molecule has 0 saturated heterocycles. The van der Waals surface area contributed by atoms with E-state index in [1.165, 1.54) is 0 Å². The van der Waals surface area contributed by atoms with Gasteiger partial charge in [0.1, 0.15) is 0 Å².